The van der Waals surface area contributed by atoms with E-state index >= 15 is 0 Å². The van der Waals surface area contributed by atoms with Crippen LogP contribution in [0.4, 0.5) is 0 Å². The van der Waals surface area contributed by atoms with Gasteiger partial charge in [-0.1, -0.05) is 11.1 Å². The van der Waals surface area contributed by atoms with Gasteiger partial charge in [-0.2, -0.15) is 0 Å². The molecule has 2 heteroatoms. The number of hydrogen-bond acceptors (Lipinski definition) is 2. The van der Waals surface area contributed by atoms with E-state index < -0.39 is 0 Å². The molecule has 2 nitrogen and oxygen atoms in total. The van der Waals surface area contributed by atoms with Crippen LogP contribution in [0.3, 0.4) is 0 Å². The molecular formula is C8H13NO. The maximum Gasteiger partial charge on any atom is 0.0646 e. The summed E-state index contributed by atoms with van der Waals surface area (Å²) in [6.45, 7) is 2.21. The highest BCUT2D eigenvalue weighted by Crippen LogP contribution is 2.29. The summed E-state index contributed by atoms with van der Waals surface area (Å²) in [5.41, 5.74) is 3.21. The predicted octanol–water partition coefficient (Wildman–Crippen LogP) is 0.695. The van der Waals surface area contributed by atoms with Crippen LogP contribution in [0.2, 0.25) is 0 Å². The van der Waals surface area contributed by atoms with Gasteiger partial charge in [0.25, 0.3) is 0 Å². The molecule has 0 bridgehead atoms. The van der Waals surface area contributed by atoms with Gasteiger partial charge in [0.2, 0.25) is 0 Å². The lowest BCUT2D eigenvalue weighted by molar-refractivity contribution is 0.110. The van der Waals surface area contributed by atoms with Gasteiger partial charge in [0.1, 0.15) is 0 Å². The fourth-order valence-corrected chi connectivity index (χ4v) is 1.84. The van der Waals surface area contributed by atoms with E-state index in [0.29, 0.717) is 6.10 Å². The number of nitrogens with one attached hydrogen (secondary N) is 1. The van der Waals surface area contributed by atoms with Crippen molar-refractivity contribution in [3.63, 3.8) is 0 Å². The highest BCUT2D eigenvalue weighted by atomic mass is 16.5. The Morgan fingerprint density at radius 1 is 1.30 bits per heavy atom. The normalized spacial score (nSPS) is 26.1. The number of rotatable bonds is 1. The second-order valence-electron chi connectivity index (χ2n) is 3.08. The minimum Gasteiger partial charge on any atom is -0.381 e. The molecule has 2 rings (SSSR count). The monoisotopic (exact) mass is 139 g/mol. The molecule has 0 fully saturated rings. The molecule has 0 radical (unpaired) electrons. The van der Waals surface area contributed by atoms with Crippen molar-refractivity contribution in [3.8, 4) is 0 Å². The van der Waals surface area contributed by atoms with E-state index in [2.05, 4.69) is 5.32 Å². The largest absolute Gasteiger partial charge is 0.381 e. The Labute approximate surface area is 61.3 Å². The van der Waals surface area contributed by atoms with Crippen molar-refractivity contribution >= 4 is 0 Å². The number of methoxy groups -OCH3 is 1. The second-order valence-corrected chi connectivity index (χ2v) is 3.08. The molecule has 0 saturated carbocycles. The molecular weight excluding hydrogens is 126 g/mol. The highest BCUT2D eigenvalue weighted by molar-refractivity contribution is 5.28. The molecule has 2 aliphatic rings. The van der Waals surface area contributed by atoms with Gasteiger partial charge in [-0.25, -0.2) is 0 Å². The van der Waals surface area contributed by atoms with Crippen molar-refractivity contribution in [1.82, 2.24) is 5.32 Å². The molecule has 0 spiro atoms. The fraction of sp³-hybridized carbons (Fsp3) is 0.750. The van der Waals surface area contributed by atoms with Crippen LogP contribution in [0.15, 0.2) is 11.1 Å². The second kappa shape index (κ2) is 2.36. The molecule has 1 aliphatic carbocycles. The molecule has 1 N–H and O–H groups in total. The van der Waals surface area contributed by atoms with Crippen molar-refractivity contribution in [2.45, 2.75) is 18.9 Å². The Morgan fingerprint density at radius 3 is 2.40 bits per heavy atom. The molecule has 56 valence electrons. The summed E-state index contributed by atoms with van der Waals surface area (Å²) in [7, 11) is 1.81. The van der Waals surface area contributed by atoms with Crippen LogP contribution in [0, 0.1) is 0 Å². The topological polar surface area (TPSA) is 21.3 Å². The molecule has 1 heterocycles. The van der Waals surface area contributed by atoms with Gasteiger partial charge in [-0.3, -0.25) is 0 Å². The summed E-state index contributed by atoms with van der Waals surface area (Å²) in [6.07, 6.45) is 2.82. The van der Waals surface area contributed by atoms with Crippen LogP contribution < -0.4 is 5.32 Å². The van der Waals surface area contributed by atoms with Crippen molar-refractivity contribution in [2.75, 3.05) is 20.2 Å². The Hall–Kier alpha value is -0.340. The first-order valence-corrected chi connectivity index (χ1v) is 3.83. The third-order valence-corrected chi connectivity index (χ3v) is 2.46. The van der Waals surface area contributed by atoms with E-state index in [1.807, 2.05) is 0 Å². The Bertz CT molecular complexity index is 158. The maximum atomic E-state index is 5.28. The van der Waals surface area contributed by atoms with Gasteiger partial charge in [0, 0.05) is 20.2 Å². The van der Waals surface area contributed by atoms with Crippen LogP contribution in [-0.2, 0) is 4.74 Å². The summed E-state index contributed by atoms with van der Waals surface area (Å²) in [5, 5.41) is 3.34. The van der Waals surface area contributed by atoms with E-state index in [4.69, 9.17) is 4.74 Å². The lowest BCUT2D eigenvalue weighted by atomic mass is 10.2. The highest BCUT2D eigenvalue weighted by Gasteiger charge is 2.26. The van der Waals surface area contributed by atoms with E-state index in [1.165, 1.54) is 12.8 Å². The third kappa shape index (κ3) is 0.879. The van der Waals surface area contributed by atoms with Gasteiger partial charge in [0.15, 0.2) is 0 Å². The zero-order valence-electron chi connectivity index (χ0n) is 6.31. The molecule has 1 aliphatic heterocycles. The predicted molar refractivity (Wildman–Crippen MR) is 39.9 cm³/mol. The smallest absolute Gasteiger partial charge is 0.0646 e. The van der Waals surface area contributed by atoms with Crippen LogP contribution in [0.5, 0.6) is 0 Å². The molecule has 0 amide bonds. The van der Waals surface area contributed by atoms with E-state index in [0.717, 1.165) is 13.1 Å². The van der Waals surface area contributed by atoms with Crippen LogP contribution in [-0.4, -0.2) is 26.3 Å². The minimum absolute atomic E-state index is 0.493. The lowest BCUT2D eigenvalue weighted by Crippen LogP contribution is -2.16. The van der Waals surface area contributed by atoms with Gasteiger partial charge in [-0.15, -0.1) is 0 Å². The molecule has 0 atom stereocenters. The summed E-state index contributed by atoms with van der Waals surface area (Å²) in [4.78, 5) is 0. The SMILES string of the molecule is COC1CC2=C(CNC2)C1. The first kappa shape index (κ1) is 6.38. The van der Waals surface area contributed by atoms with Crippen LogP contribution in [0.1, 0.15) is 12.8 Å². The standard InChI is InChI=1S/C8H13NO/c1-10-8-2-6-4-9-5-7(6)3-8/h8-9H,2-5H2,1H3. The Balaban J connectivity index is 2.03. The molecule has 0 saturated heterocycles. The third-order valence-electron chi connectivity index (χ3n) is 2.46. The molecule has 0 aromatic heterocycles. The quantitative estimate of drug-likeness (QED) is 0.540. The van der Waals surface area contributed by atoms with Gasteiger partial charge in [0.05, 0.1) is 6.10 Å². The summed E-state index contributed by atoms with van der Waals surface area (Å²) < 4.78 is 5.28. The summed E-state index contributed by atoms with van der Waals surface area (Å²) in [5.74, 6) is 0. The Morgan fingerprint density at radius 2 is 1.90 bits per heavy atom. The average Bonchev–Trinajstić information content (AvgIpc) is 2.42. The van der Waals surface area contributed by atoms with Crippen LogP contribution >= 0.6 is 0 Å². The van der Waals surface area contributed by atoms with E-state index in [1.54, 1.807) is 18.3 Å². The van der Waals surface area contributed by atoms with Gasteiger partial charge >= 0.3 is 0 Å². The first-order valence-electron chi connectivity index (χ1n) is 3.83. The van der Waals surface area contributed by atoms with Crippen LogP contribution in [0.25, 0.3) is 0 Å². The molecule has 0 aromatic rings. The van der Waals surface area contributed by atoms with Crippen molar-refractivity contribution < 1.29 is 4.74 Å². The van der Waals surface area contributed by atoms with Gasteiger partial charge < -0.3 is 10.1 Å². The lowest BCUT2D eigenvalue weighted by Gasteiger charge is -2.08. The molecule has 10 heavy (non-hydrogen) atoms. The fourth-order valence-electron chi connectivity index (χ4n) is 1.84. The Kier molecular flexibility index (Phi) is 1.51. The van der Waals surface area contributed by atoms with Crippen molar-refractivity contribution in [2.24, 2.45) is 0 Å². The number of ether oxygens (including phenoxy) is 1. The van der Waals surface area contributed by atoms with Gasteiger partial charge in [-0.05, 0) is 12.8 Å². The van der Waals surface area contributed by atoms with Crippen molar-refractivity contribution in [3.05, 3.63) is 11.1 Å². The minimum atomic E-state index is 0.493. The summed E-state index contributed by atoms with van der Waals surface area (Å²) in [6, 6.07) is 0. The average molecular weight is 139 g/mol. The molecule has 0 unspecified atom stereocenters. The van der Waals surface area contributed by atoms with E-state index in [9.17, 15) is 0 Å². The van der Waals surface area contributed by atoms with E-state index in [-0.39, 0.29) is 0 Å². The summed E-state index contributed by atoms with van der Waals surface area (Å²) >= 11 is 0. The maximum absolute atomic E-state index is 5.28. The zero-order chi connectivity index (χ0) is 6.97. The zero-order valence-corrected chi connectivity index (χ0v) is 6.31. The molecule has 0 aromatic carbocycles. The number of hydrogen-bond donors (Lipinski definition) is 1. The van der Waals surface area contributed by atoms with Crippen molar-refractivity contribution in [1.29, 1.82) is 0 Å². The first-order chi connectivity index (χ1) is 4.90.